The molecular weight excluding hydrogens is 1250 g/mol. The molecule has 0 amide bonds. The molecule has 0 aliphatic heterocycles. The standard InChI is InChI=1S/C76H140O17P2/c1-7-10-12-14-16-18-20-22-24-26-28-33-40-46-52-58-73(78)86-64-71(92-75(80)60-54-48-42-34-29-27-25-23-21-19-17-15-13-11-8-2)66-90-94(82,83)88-62-70(77)63-89-95(84,85)91-67-72(65-87-74(79)59-53-47-41-37-36-39-45-51-57-69(6)9-3)93-76(81)61-55-49-43-35-31-30-32-38-44-50-56-68(4)5/h18-25,68-72,77H,7-17,26-67H2,1-6H3,(H,82,83)(H,84,85)/b20-18-,21-19-,24-22-,25-23-/t69?,70-,71-,72-/m1/s1. The number of carbonyl (C=O) groups is 4. The lowest BCUT2D eigenvalue weighted by Gasteiger charge is -2.21. The molecule has 3 N–H and O–H groups in total. The number of hydrogen-bond donors (Lipinski definition) is 3. The number of aliphatic hydroxyl groups excluding tert-OH is 1. The molecule has 17 nitrogen and oxygen atoms in total. The molecule has 0 aliphatic carbocycles. The maximum absolute atomic E-state index is 13.1. The van der Waals surface area contributed by atoms with Crippen LogP contribution in [0.2, 0.25) is 0 Å². The largest absolute Gasteiger partial charge is 0.472 e. The first kappa shape index (κ1) is 92.0. The highest BCUT2D eigenvalue weighted by Crippen LogP contribution is 2.45. The van der Waals surface area contributed by atoms with Crippen LogP contribution < -0.4 is 0 Å². The van der Waals surface area contributed by atoms with Gasteiger partial charge in [-0.2, -0.15) is 0 Å². The highest BCUT2D eigenvalue weighted by molar-refractivity contribution is 7.47. The quantitative estimate of drug-likeness (QED) is 0.0169. The maximum atomic E-state index is 13.1. The molecule has 0 saturated heterocycles. The summed E-state index contributed by atoms with van der Waals surface area (Å²) in [6, 6.07) is 0. The molecule has 95 heavy (non-hydrogen) atoms. The van der Waals surface area contributed by atoms with E-state index in [0.717, 1.165) is 134 Å². The number of phosphoric acid groups is 2. The molecule has 0 aliphatic rings. The molecule has 0 aromatic rings. The third-order valence-corrected chi connectivity index (χ3v) is 18.7. The smallest absolute Gasteiger partial charge is 0.462 e. The van der Waals surface area contributed by atoms with E-state index in [-0.39, 0.29) is 25.7 Å². The van der Waals surface area contributed by atoms with E-state index < -0.39 is 97.5 Å². The van der Waals surface area contributed by atoms with Gasteiger partial charge in [-0.15, -0.1) is 0 Å². The topological polar surface area (TPSA) is 237 Å². The normalized spacial score (nSPS) is 14.6. The van der Waals surface area contributed by atoms with Crippen molar-refractivity contribution in [3.8, 4) is 0 Å². The van der Waals surface area contributed by atoms with E-state index in [0.29, 0.717) is 25.7 Å². The Morgan fingerprint density at radius 3 is 0.937 bits per heavy atom. The second-order valence-corrected chi connectivity index (χ2v) is 29.6. The fraction of sp³-hybridized carbons (Fsp3) is 0.842. The number of aliphatic hydroxyl groups is 1. The molecule has 6 atom stereocenters. The van der Waals surface area contributed by atoms with Crippen LogP contribution in [0.25, 0.3) is 0 Å². The molecule has 556 valence electrons. The number of unbranched alkanes of at least 4 members (excludes halogenated alkanes) is 34. The monoisotopic (exact) mass is 1390 g/mol. The summed E-state index contributed by atoms with van der Waals surface area (Å²) in [5.74, 6) is -0.654. The molecule has 0 aromatic heterocycles. The van der Waals surface area contributed by atoms with Gasteiger partial charge in [-0.3, -0.25) is 37.3 Å². The number of ether oxygens (including phenoxy) is 4. The van der Waals surface area contributed by atoms with Crippen molar-refractivity contribution in [3.05, 3.63) is 48.6 Å². The Hall–Kier alpha value is -2.98. The summed E-state index contributed by atoms with van der Waals surface area (Å²) in [7, 11) is -9.94. The van der Waals surface area contributed by atoms with Gasteiger partial charge in [0.15, 0.2) is 12.2 Å². The van der Waals surface area contributed by atoms with E-state index >= 15 is 0 Å². The van der Waals surface area contributed by atoms with Crippen molar-refractivity contribution in [1.29, 1.82) is 0 Å². The number of rotatable bonds is 71. The van der Waals surface area contributed by atoms with Crippen LogP contribution in [0.4, 0.5) is 0 Å². The summed E-state index contributed by atoms with van der Waals surface area (Å²) in [6.45, 7) is 9.45. The Balaban J connectivity index is 5.34. The van der Waals surface area contributed by atoms with E-state index in [4.69, 9.17) is 37.0 Å². The third-order valence-electron chi connectivity index (χ3n) is 16.8. The van der Waals surface area contributed by atoms with Crippen LogP contribution >= 0.6 is 15.6 Å². The second kappa shape index (κ2) is 66.9. The van der Waals surface area contributed by atoms with Crippen LogP contribution in [0.5, 0.6) is 0 Å². The van der Waals surface area contributed by atoms with Crippen LogP contribution in [-0.4, -0.2) is 96.7 Å². The van der Waals surface area contributed by atoms with Crippen molar-refractivity contribution in [2.24, 2.45) is 11.8 Å². The van der Waals surface area contributed by atoms with Crippen molar-refractivity contribution in [3.63, 3.8) is 0 Å². The van der Waals surface area contributed by atoms with E-state index in [1.54, 1.807) is 0 Å². The second-order valence-electron chi connectivity index (χ2n) is 26.7. The van der Waals surface area contributed by atoms with Gasteiger partial charge in [-0.25, -0.2) is 9.13 Å². The summed E-state index contributed by atoms with van der Waals surface area (Å²) < 4.78 is 68.4. The molecule has 0 heterocycles. The summed E-state index contributed by atoms with van der Waals surface area (Å²) in [5, 5.41) is 10.6. The predicted molar refractivity (Wildman–Crippen MR) is 386 cm³/mol. The lowest BCUT2D eigenvalue weighted by Crippen LogP contribution is -2.30. The molecular formula is C76H140O17P2. The van der Waals surface area contributed by atoms with Crippen LogP contribution in [0.1, 0.15) is 343 Å². The molecule has 0 aromatic carbocycles. The lowest BCUT2D eigenvalue weighted by atomic mass is 9.99. The lowest BCUT2D eigenvalue weighted by molar-refractivity contribution is -0.161. The predicted octanol–water partition coefficient (Wildman–Crippen LogP) is 21.4. The highest BCUT2D eigenvalue weighted by atomic mass is 31.2. The number of phosphoric ester groups is 2. The minimum absolute atomic E-state index is 0.0779. The molecule has 0 radical (unpaired) electrons. The average Bonchev–Trinajstić information content (AvgIpc) is 2.81. The summed E-state index contributed by atoms with van der Waals surface area (Å²) in [5.41, 5.74) is 0. The molecule has 3 unspecified atom stereocenters. The van der Waals surface area contributed by atoms with Crippen LogP contribution in [0, 0.1) is 11.8 Å². The van der Waals surface area contributed by atoms with Crippen LogP contribution in [0.3, 0.4) is 0 Å². The fourth-order valence-electron chi connectivity index (χ4n) is 10.5. The van der Waals surface area contributed by atoms with Gasteiger partial charge < -0.3 is 33.8 Å². The van der Waals surface area contributed by atoms with Gasteiger partial charge in [-0.1, -0.05) is 289 Å². The first-order chi connectivity index (χ1) is 45.9. The molecule has 0 rings (SSSR count). The minimum atomic E-state index is -4.97. The first-order valence-electron chi connectivity index (χ1n) is 38.2. The third kappa shape index (κ3) is 68.0. The molecule has 0 bridgehead atoms. The Morgan fingerprint density at radius 2 is 0.621 bits per heavy atom. The zero-order valence-corrected chi connectivity index (χ0v) is 62.7. The fourth-order valence-corrected chi connectivity index (χ4v) is 12.1. The first-order valence-corrected chi connectivity index (χ1v) is 41.2. The molecule has 0 saturated carbocycles. The zero-order chi connectivity index (χ0) is 70.0. The van der Waals surface area contributed by atoms with E-state index in [1.807, 2.05) is 0 Å². The van der Waals surface area contributed by atoms with E-state index in [2.05, 4.69) is 90.2 Å². The molecule has 0 fully saturated rings. The van der Waals surface area contributed by atoms with E-state index in [1.165, 1.54) is 128 Å². The Labute approximate surface area is 578 Å². The Morgan fingerprint density at radius 1 is 0.347 bits per heavy atom. The van der Waals surface area contributed by atoms with Crippen LogP contribution in [-0.2, 0) is 65.4 Å². The van der Waals surface area contributed by atoms with Gasteiger partial charge in [0, 0.05) is 25.7 Å². The van der Waals surface area contributed by atoms with Gasteiger partial charge in [0.25, 0.3) is 0 Å². The number of esters is 4. The van der Waals surface area contributed by atoms with E-state index in [9.17, 15) is 43.2 Å². The van der Waals surface area contributed by atoms with Gasteiger partial charge in [0.2, 0.25) is 0 Å². The zero-order valence-electron chi connectivity index (χ0n) is 60.9. The minimum Gasteiger partial charge on any atom is -0.462 e. The maximum Gasteiger partial charge on any atom is 0.472 e. The summed E-state index contributed by atoms with van der Waals surface area (Å²) >= 11 is 0. The molecule has 19 heteroatoms. The van der Waals surface area contributed by atoms with Gasteiger partial charge in [-0.05, 0) is 88.9 Å². The van der Waals surface area contributed by atoms with Crippen molar-refractivity contribution in [2.45, 2.75) is 362 Å². The number of carbonyl (C=O) groups excluding carboxylic acids is 4. The number of hydrogen-bond acceptors (Lipinski definition) is 15. The number of allylic oxidation sites excluding steroid dienone is 8. The molecule has 0 spiro atoms. The Kier molecular flexibility index (Phi) is 64.8. The SMILES string of the molecule is CCCCCC/C=C\C=C/CCCCCCCC(=O)OC[C@H](COP(=O)(O)OC[C@@H](O)COP(=O)(O)OC[C@@H](COC(=O)CCCCCCCCCCC(C)CC)OC(=O)CCCCCCCCCCCCC(C)C)OC(=O)CCCCCCC/C=C\C=C/CCCCCC. The average molecular weight is 1390 g/mol. The van der Waals surface area contributed by atoms with Crippen LogP contribution in [0.15, 0.2) is 48.6 Å². The summed E-state index contributed by atoms with van der Waals surface area (Å²) in [6.07, 6.45) is 59.8. The van der Waals surface area contributed by atoms with Crippen molar-refractivity contribution in [2.75, 3.05) is 39.6 Å². The van der Waals surface area contributed by atoms with Gasteiger partial charge in [0.05, 0.1) is 26.4 Å². The Bertz CT molecular complexity index is 2030. The van der Waals surface area contributed by atoms with Gasteiger partial charge in [0.1, 0.15) is 19.3 Å². The van der Waals surface area contributed by atoms with Crippen molar-refractivity contribution in [1.82, 2.24) is 0 Å². The summed E-state index contributed by atoms with van der Waals surface area (Å²) in [4.78, 5) is 72.8. The van der Waals surface area contributed by atoms with Gasteiger partial charge >= 0.3 is 39.5 Å². The van der Waals surface area contributed by atoms with Crippen molar-refractivity contribution >= 4 is 39.5 Å². The highest BCUT2D eigenvalue weighted by Gasteiger charge is 2.30. The van der Waals surface area contributed by atoms with Crippen molar-refractivity contribution < 1.29 is 80.2 Å².